The van der Waals surface area contributed by atoms with Crippen LogP contribution < -0.4 is 14.4 Å². The van der Waals surface area contributed by atoms with Gasteiger partial charge in [0.05, 0.1) is 17.2 Å². The van der Waals surface area contributed by atoms with Gasteiger partial charge in [-0.15, -0.1) is 0 Å². The van der Waals surface area contributed by atoms with E-state index < -0.39 is 28.5 Å². The zero-order valence-corrected chi connectivity index (χ0v) is 25.5. The Morgan fingerprint density at radius 1 is 0.952 bits per heavy atom. The summed E-state index contributed by atoms with van der Waals surface area (Å²) >= 11 is 0. The van der Waals surface area contributed by atoms with Crippen molar-refractivity contribution in [2.45, 2.75) is 76.4 Å². The Hall–Kier alpha value is -3.85. The minimum Gasteiger partial charge on any atom is -0.492 e. The Kier molecular flexibility index (Phi) is 10.6. The largest absolute Gasteiger partial charge is 0.492 e. The van der Waals surface area contributed by atoms with Gasteiger partial charge in [-0.05, 0) is 62.9 Å². The van der Waals surface area contributed by atoms with Crippen LogP contribution in [0.4, 0.5) is 5.69 Å². The lowest BCUT2D eigenvalue weighted by atomic mass is 10.1. The van der Waals surface area contributed by atoms with E-state index in [0.29, 0.717) is 18.8 Å². The lowest BCUT2D eigenvalue weighted by molar-refractivity contribution is -0.140. The summed E-state index contributed by atoms with van der Waals surface area (Å²) in [6, 6.07) is 21.9. The number of nitrogens with zero attached hydrogens (tertiary/aromatic N) is 2. The molecule has 3 aromatic rings. The average molecular weight is 592 g/mol. The molecule has 0 radical (unpaired) electrons. The number of sulfonamides is 1. The number of nitrogens with one attached hydrogen (secondary N) is 1. The van der Waals surface area contributed by atoms with Crippen LogP contribution >= 0.6 is 0 Å². The molecule has 0 bridgehead atoms. The highest BCUT2D eigenvalue weighted by Gasteiger charge is 2.35. The molecular formula is C33H41N3O5S. The maximum absolute atomic E-state index is 14.3. The number of carbonyl (C=O) groups excluding carboxylic acids is 2. The first kappa shape index (κ1) is 31.1. The number of benzene rings is 3. The predicted molar refractivity (Wildman–Crippen MR) is 165 cm³/mol. The van der Waals surface area contributed by atoms with E-state index in [1.807, 2.05) is 45.0 Å². The topological polar surface area (TPSA) is 96.0 Å². The molecule has 9 heteroatoms. The second kappa shape index (κ2) is 14.4. The fourth-order valence-corrected chi connectivity index (χ4v) is 6.91. The van der Waals surface area contributed by atoms with Crippen LogP contribution in [-0.2, 0) is 26.2 Å². The maximum atomic E-state index is 14.3. The first-order valence-electron chi connectivity index (χ1n) is 14.7. The second-order valence-electron chi connectivity index (χ2n) is 10.7. The lowest BCUT2D eigenvalue weighted by Crippen LogP contribution is -2.53. The molecule has 1 saturated carbocycles. The van der Waals surface area contributed by atoms with Gasteiger partial charge in [0.15, 0.2) is 0 Å². The fourth-order valence-electron chi connectivity index (χ4n) is 5.47. The van der Waals surface area contributed by atoms with Crippen LogP contribution in [0.1, 0.15) is 57.1 Å². The van der Waals surface area contributed by atoms with E-state index in [0.717, 1.165) is 41.1 Å². The van der Waals surface area contributed by atoms with E-state index in [1.54, 1.807) is 42.5 Å². The average Bonchev–Trinajstić information content (AvgIpc) is 3.50. The van der Waals surface area contributed by atoms with E-state index in [9.17, 15) is 18.0 Å². The van der Waals surface area contributed by atoms with E-state index >= 15 is 0 Å². The van der Waals surface area contributed by atoms with Gasteiger partial charge < -0.3 is 15.0 Å². The van der Waals surface area contributed by atoms with Crippen molar-refractivity contribution < 1.29 is 22.7 Å². The quantitative estimate of drug-likeness (QED) is 0.285. The highest BCUT2D eigenvalue weighted by molar-refractivity contribution is 7.92. The van der Waals surface area contributed by atoms with Crippen LogP contribution in [0.15, 0.2) is 83.8 Å². The molecule has 1 fully saturated rings. The smallest absolute Gasteiger partial charge is 0.264 e. The third kappa shape index (κ3) is 7.50. The minimum absolute atomic E-state index is 0.0559. The van der Waals surface area contributed by atoms with Crippen molar-refractivity contribution in [2.24, 2.45) is 0 Å². The Balaban J connectivity index is 1.74. The van der Waals surface area contributed by atoms with Gasteiger partial charge in [-0.2, -0.15) is 0 Å². The summed E-state index contributed by atoms with van der Waals surface area (Å²) in [5.74, 6) is -0.336. The molecule has 0 aliphatic heterocycles. The Bertz CT molecular complexity index is 1460. The number of hydrogen-bond donors (Lipinski definition) is 1. The van der Waals surface area contributed by atoms with Gasteiger partial charge in [-0.1, -0.05) is 79.9 Å². The SMILES string of the molecule is CCOc1ccccc1N(CC(=O)N(Cc1cccc(C)c1)[C@H](CC)C(=O)NC1CCCC1)S(=O)(=O)c1ccccc1. The Morgan fingerprint density at radius 2 is 1.64 bits per heavy atom. The van der Waals surface area contributed by atoms with Crippen LogP contribution in [0.25, 0.3) is 0 Å². The molecule has 1 atom stereocenters. The van der Waals surface area contributed by atoms with Crippen LogP contribution in [0.3, 0.4) is 0 Å². The van der Waals surface area contributed by atoms with Gasteiger partial charge in [0.1, 0.15) is 18.3 Å². The highest BCUT2D eigenvalue weighted by Crippen LogP contribution is 2.33. The molecule has 4 rings (SSSR count). The molecule has 0 aromatic heterocycles. The number of para-hydroxylation sites is 2. The number of ether oxygens (including phenoxy) is 1. The fraction of sp³-hybridized carbons (Fsp3) is 0.394. The number of rotatable bonds is 13. The minimum atomic E-state index is -4.17. The van der Waals surface area contributed by atoms with Crippen molar-refractivity contribution in [1.29, 1.82) is 0 Å². The predicted octanol–water partition coefficient (Wildman–Crippen LogP) is 5.46. The lowest BCUT2D eigenvalue weighted by Gasteiger charge is -2.34. The molecule has 1 N–H and O–H groups in total. The maximum Gasteiger partial charge on any atom is 0.264 e. The standard InChI is InChI=1S/C33H41N3O5S/c1-4-29(33(38)34-27-16-9-10-17-27)35(23-26-15-13-14-25(3)22-26)32(37)24-36(30-20-11-12-21-31(30)41-5-2)42(39,40)28-18-7-6-8-19-28/h6-8,11-15,18-22,27,29H,4-5,9-10,16-17,23-24H2,1-3H3,(H,34,38)/t29-/m1/s1. The normalized spacial score (nSPS) is 14.3. The number of anilines is 1. The highest BCUT2D eigenvalue weighted by atomic mass is 32.2. The monoisotopic (exact) mass is 591 g/mol. The molecule has 2 amide bonds. The number of aryl methyl sites for hydroxylation is 1. The molecule has 0 saturated heterocycles. The summed E-state index contributed by atoms with van der Waals surface area (Å²) in [6.45, 7) is 5.65. The summed E-state index contributed by atoms with van der Waals surface area (Å²) in [5.41, 5.74) is 2.15. The molecule has 0 unspecified atom stereocenters. The van der Waals surface area contributed by atoms with Crippen molar-refractivity contribution in [2.75, 3.05) is 17.5 Å². The Morgan fingerprint density at radius 3 is 2.31 bits per heavy atom. The van der Waals surface area contributed by atoms with Gasteiger partial charge in [0.2, 0.25) is 11.8 Å². The first-order chi connectivity index (χ1) is 20.2. The van der Waals surface area contributed by atoms with Crippen molar-refractivity contribution in [1.82, 2.24) is 10.2 Å². The van der Waals surface area contributed by atoms with E-state index in [1.165, 1.54) is 17.0 Å². The van der Waals surface area contributed by atoms with Crippen molar-refractivity contribution in [3.05, 3.63) is 90.0 Å². The Labute approximate surface area is 249 Å². The summed E-state index contributed by atoms with van der Waals surface area (Å²) in [6.07, 6.45) is 4.37. The molecule has 8 nitrogen and oxygen atoms in total. The molecule has 1 aliphatic carbocycles. The summed E-state index contributed by atoms with van der Waals surface area (Å²) < 4.78 is 35.0. The first-order valence-corrected chi connectivity index (χ1v) is 16.1. The molecular weight excluding hydrogens is 550 g/mol. The summed E-state index contributed by atoms with van der Waals surface area (Å²) in [5, 5.41) is 3.14. The molecule has 3 aromatic carbocycles. The van der Waals surface area contributed by atoms with Crippen molar-refractivity contribution >= 4 is 27.5 Å². The van der Waals surface area contributed by atoms with Crippen LogP contribution in [0.2, 0.25) is 0 Å². The van der Waals surface area contributed by atoms with E-state index in [-0.39, 0.29) is 29.1 Å². The number of carbonyl (C=O) groups is 2. The number of amides is 2. The van der Waals surface area contributed by atoms with Crippen LogP contribution in [0, 0.1) is 6.92 Å². The van der Waals surface area contributed by atoms with E-state index in [4.69, 9.17) is 4.74 Å². The molecule has 1 aliphatic rings. The zero-order chi connectivity index (χ0) is 30.1. The summed E-state index contributed by atoms with van der Waals surface area (Å²) in [4.78, 5) is 29.5. The van der Waals surface area contributed by atoms with Crippen molar-refractivity contribution in [3.63, 3.8) is 0 Å². The van der Waals surface area contributed by atoms with Gasteiger partial charge in [0.25, 0.3) is 10.0 Å². The van der Waals surface area contributed by atoms with Gasteiger partial charge in [-0.3, -0.25) is 13.9 Å². The van der Waals surface area contributed by atoms with Crippen LogP contribution in [0.5, 0.6) is 5.75 Å². The summed E-state index contributed by atoms with van der Waals surface area (Å²) in [7, 11) is -4.17. The van der Waals surface area contributed by atoms with Gasteiger partial charge in [-0.25, -0.2) is 8.42 Å². The van der Waals surface area contributed by atoms with Crippen LogP contribution in [-0.4, -0.2) is 50.4 Å². The van der Waals surface area contributed by atoms with Gasteiger partial charge in [0, 0.05) is 12.6 Å². The molecule has 0 spiro atoms. The third-order valence-electron chi connectivity index (χ3n) is 7.57. The third-order valence-corrected chi connectivity index (χ3v) is 9.34. The molecule has 0 heterocycles. The van der Waals surface area contributed by atoms with Crippen molar-refractivity contribution in [3.8, 4) is 5.75 Å². The zero-order valence-electron chi connectivity index (χ0n) is 24.7. The molecule has 224 valence electrons. The number of hydrogen-bond acceptors (Lipinski definition) is 5. The second-order valence-corrected chi connectivity index (χ2v) is 12.5. The van der Waals surface area contributed by atoms with E-state index in [2.05, 4.69) is 5.32 Å². The molecule has 42 heavy (non-hydrogen) atoms. The van der Waals surface area contributed by atoms with Gasteiger partial charge >= 0.3 is 0 Å².